The van der Waals surface area contributed by atoms with Crippen molar-refractivity contribution in [3.8, 4) is 5.88 Å². The van der Waals surface area contributed by atoms with Crippen LogP contribution in [0.15, 0.2) is 39.8 Å². The maximum atomic E-state index is 10.1. The summed E-state index contributed by atoms with van der Waals surface area (Å²) < 4.78 is 6.97. The fourth-order valence-corrected chi connectivity index (χ4v) is 3.01. The molecule has 5 heteroatoms. The summed E-state index contributed by atoms with van der Waals surface area (Å²) in [6, 6.07) is 8.11. The van der Waals surface area contributed by atoms with Gasteiger partial charge in [-0.2, -0.15) is 0 Å². The number of benzene rings is 1. The topological polar surface area (TPSA) is 50.7 Å². The average Bonchev–Trinajstić information content (AvgIpc) is 2.91. The molecule has 0 amide bonds. The van der Waals surface area contributed by atoms with Gasteiger partial charge in [-0.25, -0.2) is 0 Å². The second-order valence-corrected chi connectivity index (χ2v) is 6.12. The van der Waals surface area contributed by atoms with Crippen molar-refractivity contribution in [2.45, 2.75) is 32.7 Å². The van der Waals surface area contributed by atoms with Crippen LogP contribution in [-0.2, 0) is 12.0 Å². The largest absolute Gasteiger partial charge is 0.492 e. The van der Waals surface area contributed by atoms with Crippen LogP contribution in [0.2, 0.25) is 0 Å². The van der Waals surface area contributed by atoms with Crippen LogP contribution in [0.1, 0.15) is 32.1 Å². The molecule has 2 heterocycles. The van der Waals surface area contributed by atoms with Gasteiger partial charge in [-0.1, -0.05) is 32.0 Å². The lowest BCUT2D eigenvalue weighted by Gasteiger charge is -2.19. The molecule has 3 rings (SSSR count). The van der Waals surface area contributed by atoms with Crippen LogP contribution in [0.3, 0.4) is 0 Å². The molecular formula is C17H18N2O2S. The zero-order valence-corrected chi connectivity index (χ0v) is 13.6. The fraction of sp³-hybridized carbons (Fsp3) is 0.294. The zero-order chi connectivity index (χ0) is 15.9. The van der Waals surface area contributed by atoms with Crippen LogP contribution in [0.4, 0.5) is 5.69 Å². The Morgan fingerprint density at radius 2 is 2.05 bits per heavy atom. The zero-order valence-electron chi connectivity index (χ0n) is 12.8. The summed E-state index contributed by atoms with van der Waals surface area (Å²) in [5.41, 5.74) is 2.94. The minimum atomic E-state index is -0.174. The van der Waals surface area contributed by atoms with Gasteiger partial charge in [0.1, 0.15) is 0 Å². The van der Waals surface area contributed by atoms with E-state index in [1.54, 1.807) is 10.6 Å². The number of aromatic nitrogens is 1. The fourth-order valence-electron chi connectivity index (χ4n) is 2.71. The van der Waals surface area contributed by atoms with Crippen LogP contribution < -0.4 is 0 Å². The average molecular weight is 314 g/mol. The van der Waals surface area contributed by atoms with Crippen molar-refractivity contribution in [1.82, 2.24) is 4.57 Å². The van der Waals surface area contributed by atoms with Gasteiger partial charge < -0.3 is 9.52 Å². The summed E-state index contributed by atoms with van der Waals surface area (Å²) in [4.78, 5) is 4.95. The molecule has 22 heavy (non-hydrogen) atoms. The minimum Gasteiger partial charge on any atom is -0.492 e. The summed E-state index contributed by atoms with van der Waals surface area (Å²) in [5, 5.41) is 10.1. The molecule has 1 aromatic heterocycles. The van der Waals surface area contributed by atoms with Crippen LogP contribution in [-0.4, -0.2) is 15.4 Å². The third-order valence-corrected chi connectivity index (χ3v) is 4.36. The summed E-state index contributed by atoms with van der Waals surface area (Å²) in [5.74, 6) is 0.416. The number of aliphatic imine (C=N–C) groups is 1. The van der Waals surface area contributed by atoms with Crippen molar-refractivity contribution in [1.29, 1.82) is 0 Å². The predicted octanol–water partition coefficient (Wildman–Crippen LogP) is 4.61. The molecule has 0 bridgehead atoms. The highest BCUT2D eigenvalue weighted by Gasteiger charge is 2.33. The van der Waals surface area contributed by atoms with Crippen LogP contribution in [0, 0.1) is 4.84 Å². The lowest BCUT2D eigenvalue weighted by Crippen LogP contribution is -2.23. The molecular weight excluding hydrogens is 296 g/mol. The Morgan fingerprint density at radius 1 is 1.32 bits per heavy atom. The molecule has 114 valence electrons. The molecule has 0 saturated carbocycles. The van der Waals surface area contributed by atoms with E-state index in [-0.39, 0.29) is 16.1 Å². The first-order valence-electron chi connectivity index (χ1n) is 7.24. The monoisotopic (exact) mass is 314 g/mol. The van der Waals surface area contributed by atoms with E-state index in [4.69, 9.17) is 16.6 Å². The smallest absolute Gasteiger partial charge is 0.272 e. The summed E-state index contributed by atoms with van der Waals surface area (Å²) in [7, 11) is 0. The SMILES string of the molecule is CCn1c(O)c(C=CC2=Nc3ccccc3C2(C)C)oc1=S. The van der Waals surface area contributed by atoms with Gasteiger partial charge in [-0.15, -0.1) is 0 Å². The van der Waals surface area contributed by atoms with Gasteiger partial charge in [0.15, 0.2) is 5.76 Å². The lowest BCUT2D eigenvalue weighted by atomic mass is 9.81. The van der Waals surface area contributed by atoms with E-state index in [1.807, 2.05) is 31.2 Å². The molecule has 1 aliphatic rings. The molecule has 0 spiro atoms. The van der Waals surface area contributed by atoms with Crippen molar-refractivity contribution in [3.05, 3.63) is 46.5 Å². The highest BCUT2D eigenvalue weighted by molar-refractivity contribution is 7.71. The third kappa shape index (κ3) is 2.22. The second-order valence-electron chi connectivity index (χ2n) is 5.77. The third-order valence-electron chi connectivity index (χ3n) is 4.06. The number of para-hydroxylation sites is 1. The van der Waals surface area contributed by atoms with E-state index in [1.165, 1.54) is 5.56 Å². The number of oxazole rings is 1. The van der Waals surface area contributed by atoms with Gasteiger partial charge in [0.05, 0.1) is 11.4 Å². The van der Waals surface area contributed by atoms with Crippen LogP contribution >= 0.6 is 12.2 Å². The molecule has 0 unspecified atom stereocenters. The maximum absolute atomic E-state index is 10.1. The van der Waals surface area contributed by atoms with E-state index in [9.17, 15) is 5.11 Å². The number of nitrogens with zero attached hydrogens (tertiary/aromatic N) is 2. The second kappa shape index (κ2) is 5.25. The Balaban J connectivity index is 1.97. The first-order valence-corrected chi connectivity index (χ1v) is 7.65. The van der Waals surface area contributed by atoms with Gasteiger partial charge in [0.2, 0.25) is 5.88 Å². The number of hydrogen-bond donors (Lipinski definition) is 1. The molecule has 2 aromatic rings. The summed E-state index contributed by atoms with van der Waals surface area (Å²) >= 11 is 5.08. The lowest BCUT2D eigenvalue weighted by molar-refractivity contribution is 0.419. The van der Waals surface area contributed by atoms with Gasteiger partial charge in [0, 0.05) is 12.0 Å². The van der Waals surface area contributed by atoms with Crippen LogP contribution in [0.25, 0.3) is 6.08 Å². The van der Waals surface area contributed by atoms with E-state index >= 15 is 0 Å². The molecule has 0 aliphatic carbocycles. The molecule has 1 aromatic carbocycles. The summed E-state index contributed by atoms with van der Waals surface area (Å²) in [6.07, 6.45) is 3.61. The van der Waals surface area contributed by atoms with Crippen molar-refractivity contribution in [2.75, 3.05) is 0 Å². The normalized spacial score (nSPS) is 16.0. The van der Waals surface area contributed by atoms with Gasteiger partial charge in [-0.3, -0.25) is 9.56 Å². The first kappa shape index (κ1) is 14.8. The number of fused-ring (bicyclic) bond motifs is 1. The molecule has 0 atom stereocenters. The Morgan fingerprint density at radius 3 is 2.68 bits per heavy atom. The van der Waals surface area contributed by atoms with E-state index in [0.717, 1.165) is 11.4 Å². The Hall–Kier alpha value is -2.14. The number of aromatic hydroxyl groups is 1. The highest BCUT2D eigenvalue weighted by Crippen LogP contribution is 2.40. The Bertz CT molecular complexity index is 841. The standard InChI is InChI=1S/C17H18N2O2S/c1-4-19-15(20)13(21-16(19)22)9-10-14-17(2,3)11-7-5-6-8-12(11)18-14/h5-10,20H,4H2,1-3H3. The van der Waals surface area contributed by atoms with E-state index in [2.05, 4.69) is 24.9 Å². The molecule has 4 nitrogen and oxygen atoms in total. The number of allylic oxidation sites excluding steroid dienone is 1. The summed E-state index contributed by atoms with van der Waals surface area (Å²) in [6.45, 7) is 6.74. The number of hydrogen-bond acceptors (Lipinski definition) is 4. The van der Waals surface area contributed by atoms with Crippen molar-refractivity contribution >= 4 is 29.7 Å². The van der Waals surface area contributed by atoms with Gasteiger partial charge >= 0.3 is 0 Å². The molecule has 1 N–H and O–H groups in total. The first-order chi connectivity index (χ1) is 10.4. The van der Waals surface area contributed by atoms with Crippen molar-refractivity contribution in [2.24, 2.45) is 4.99 Å². The quantitative estimate of drug-likeness (QED) is 0.841. The van der Waals surface area contributed by atoms with Gasteiger partial charge in [0.25, 0.3) is 4.84 Å². The van der Waals surface area contributed by atoms with Crippen molar-refractivity contribution < 1.29 is 9.52 Å². The van der Waals surface area contributed by atoms with Gasteiger partial charge in [-0.05, 0) is 42.9 Å². The van der Waals surface area contributed by atoms with E-state index in [0.29, 0.717) is 12.3 Å². The van der Waals surface area contributed by atoms with Crippen LogP contribution in [0.5, 0.6) is 5.88 Å². The van der Waals surface area contributed by atoms with E-state index < -0.39 is 0 Å². The highest BCUT2D eigenvalue weighted by atomic mass is 32.1. The maximum Gasteiger partial charge on any atom is 0.272 e. The molecule has 1 aliphatic heterocycles. The molecule has 0 saturated heterocycles. The predicted molar refractivity (Wildman–Crippen MR) is 90.5 cm³/mol. The molecule has 0 fully saturated rings. The molecule has 0 radical (unpaired) electrons. The Labute approximate surface area is 134 Å². The minimum absolute atomic E-state index is 0.0534. The Kier molecular flexibility index (Phi) is 3.53. The number of rotatable bonds is 3. The van der Waals surface area contributed by atoms with Crippen molar-refractivity contribution in [3.63, 3.8) is 0 Å².